The minimum atomic E-state index is -5.00. The largest absolute Gasteiger partial charge is 0.416 e. The lowest BCUT2D eigenvalue weighted by Gasteiger charge is -2.44. The number of nitrogens with zero attached hydrogens (tertiary/aromatic N) is 3. The molecule has 0 bridgehead atoms. The number of rotatable bonds is 6. The number of benzene rings is 3. The van der Waals surface area contributed by atoms with Gasteiger partial charge in [0.25, 0.3) is 0 Å². The van der Waals surface area contributed by atoms with Crippen LogP contribution < -0.4 is 0 Å². The zero-order chi connectivity index (χ0) is 34.9. The van der Waals surface area contributed by atoms with E-state index in [9.17, 15) is 40.7 Å². The van der Waals surface area contributed by atoms with Gasteiger partial charge in [0.2, 0.25) is 5.91 Å². The van der Waals surface area contributed by atoms with E-state index in [1.165, 1.54) is 7.05 Å². The number of urea groups is 1. The molecule has 2 aliphatic heterocycles. The first-order valence-corrected chi connectivity index (χ1v) is 15.8. The van der Waals surface area contributed by atoms with Crippen LogP contribution in [0.3, 0.4) is 0 Å². The van der Waals surface area contributed by atoms with Gasteiger partial charge in [-0.2, -0.15) is 26.3 Å². The summed E-state index contributed by atoms with van der Waals surface area (Å²) in [7, 11) is 1.36. The van der Waals surface area contributed by atoms with Crippen LogP contribution in [0.2, 0.25) is 0 Å². The van der Waals surface area contributed by atoms with Gasteiger partial charge in [-0.25, -0.2) is 4.79 Å². The maximum Gasteiger partial charge on any atom is 0.416 e. The number of hydrogen-bond acceptors (Lipinski definition) is 3. The fourth-order valence-corrected chi connectivity index (χ4v) is 7.09. The number of halogens is 6. The van der Waals surface area contributed by atoms with Crippen molar-refractivity contribution in [3.8, 4) is 0 Å². The van der Waals surface area contributed by atoms with Gasteiger partial charge in [-0.15, -0.1) is 0 Å². The van der Waals surface area contributed by atoms with Crippen LogP contribution in [0.15, 0.2) is 78.9 Å². The highest BCUT2D eigenvalue weighted by Gasteiger charge is 2.44. The van der Waals surface area contributed by atoms with E-state index >= 15 is 0 Å². The number of carbonyl (C=O) groups is 3. The molecule has 0 spiro atoms. The average Bonchev–Trinajstić information content (AvgIpc) is 3.07. The molecule has 2 heterocycles. The van der Waals surface area contributed by atoms with Gasteiger partial charge in [0.15, 0.2) is 0 Å². The summed E-state index contributed by atoms with van der Waals surface area (Å²) in [5.74, 6) is -1.52. The van der Waals surface area contributed by atoms with Gasteiger partial charge in [0.1, 0.15) is 5.78 Å². The lowest BCUT2D eigenvalue weighted by Crippen LogP contribution is -2.55. The molecule has 256 valence electrons. The van der Waals surface area contributed by atoms with E-state index in [2.05, 4.69) is 0 Å². The highest BCUT2D eigenvalue weighted by Crippen LogP contribution is 2.40. The second kappa shape index (κ2) is 13.6. The van der Waals surface area contributed by atoms with Crippen molar-refractivity contribution in [2.45, 2.75) is 56.4 Å². The molecule has 48 heavy (non-hydrogen) atoms. The van der Waals surface area contributed by atoms with E-state index in [4.69, 9.17) is 0 Å². The molecule has 2 aliphatic rings. The zero-order valence-corrected chi connectivity index (χ0v) is 26.7. The quantitative estimate of drug-likeness (QED) is 0.254. The topological polar surface area (TPSA) is 60.9 Å². The molecule has 3 amide bonds. The minimum absolute atomic E-state index is 0.0492. The number of Topliss-reactive ketones (excluding diaryl/α,β-unsaturated/α-hetero) is 1. The van der Waals surface area contributed by atoms with Gasteiger partial charge < -0.3 is 14.7 Å². The van der Waals surface area contributed by atoms with E-state index in [-0.39, 0.29) is 43.0 Å². The first-order valence-electron chi connectivity index (χ1n) is 15.8. The number of amides is 3. The summed E-state index contributed by atoms with van der Waals surface area (Å²) in [6.45, 7) is 2.31. The monoisotopic (exact) mass is 673 g/mol. The third-order valence-corrected chi connectivity index (χ3v) is 9.76. The van der Waals surface area contributed by atoms with Crippen molar-refractivity contribution in [2.24, 2.45) is 5.92 Å². The SMILES string of the molecule is CC(=O)C1(c2ccccc2)CCN(C(=O)N2CC[C@@H](C(=O)N(C)Cc3cc(C(F)(F)F)cc(C(F)(F)F)c3)[C@H](c3ccccc3)C2)CC1. The summed E-state index contributed by atoms with van der Waals surface area (Å²) < 4.78 is 80.7. The minimum Gasteiger partial charge on any atom is -0.341 e. The van der Waals surface area contributed by atoms with E-state index in [0.29, 0.717) is 38.1 Å². The highest BCUT2D eigenvalue weighted by atomic mass is 19.4. The number of likely N-dealkylation sites (tertiary alicyclic amines) is 2. The molecule has 5 rings (SSSR count). The number of piperidine rings is 2. The summed E-state index contributed by atoms with van der Waals surface area (Å²) in [6, 6.07) is 19.8. The summed E-state index contributed by atoms with van der Waals surface area (Å²) in [6.07, 6.45) is -8.79. The van der Waals surface area contributed by atoms with Crippen molar-refractivity contribution >= 4 is 17.7 Å². The number of alkyl halides is 6. The fourth-order valence-electron chi connectivity index (χ4n) is 7.09. The van der Waals surface area contributed by atoms with Gasteiger partial charge in [-0.1, -0.05) is 60.7 Å². The third-order valence-electron chi connectivity index (χ3n) is 9.76. The Labute approximate surface area is 275 Å². The van der Waals surface area contributed by atoms with Crippen molar-refractivity contribution in [3.63, 3.8) is 0 Å². The Hall–Kier alpha value is -4.35. The van der Waals surface area contributed by atoms with Crippen molar-refractivity contribution in [2.75, 3.05) is 33.2 Å². The molecule has 6 nitrogen and oxygen atoms in total. The van der Waals surface area contributed by atoms with Crippen molar-refractivity contribution in [1.82, 2.24) is 14.7 Å². The highest BCUT2D eigenvalue weighted by molar-refractivity contribution is 5.88. The molecule has 12 heteroatoms. The fraction of sp³-hybridized carbons (Fsp3) is 0.417. The normalized spacial score (nSPS) is 19.9. The Balaban J connectivity index is 1.32. The van der Waals surface area contributed by atoms with Crippen LogP contribution in [-0.2, 0) is 33.9 Å². The average molecular weight is 674 g/mol. The second-order valence-electron chi connectivity index (χ2n) is 12.7. The Kier molecular flexibility index (Phi) is 9.94. The molecule has 3 aromatic rings. The molecule has 2 fully saturated rings. The van der Waals surface area contributed by atoms with Crippen LogP contribution in [0.25, 0.3) is 0 Å². The molecule has 0 N–H and O–H groups in total. The molecule has 0 aromatic heterocycles. The van der Waals surface area contributed by atoms with Gasteiger partial charge in [0.05, 0.1) is 16.5 Å². The summed E-state index contributed by atoms with van der Waals surface area (Å²) in [5.41, 5.74) is -2.13. The maximum absolute atomic E-state index is 13.8. The van der Waals surface area contributed by atoms with Crippen LogP contribution in [0.4, 0.5) is 31.1 Å². The van der Waals surface area contributed by atoms with E-state index < -0.39 is 53.2 Å². The third kappa shape index (κ3) is 7.37. The number of ketones is 1. The lowest BCUT2D eigenvalue weighted by atomic mass is 9.70. The van der Waals surface area contributed by atoms with Crippen molar-refractivity contribution in [3.05, 3.63) is 107 Å². The molecular weight excluding hydrogens is 636 g/mol. The Morgan fingerprint density at radius 3 is 1.85 bits per heavy atom. The van der Waals surface area contributed by atoms with Gasteiger partial charge in [-0.05, 0) is 61.1 Å². The Bertz CT molecular complexity index is 1590. The van der Waals surface area contributed by atoms with Gasteiger partial charge >= 0.3 is 18.4 Å². The van der Waals surface area contributed by atoms with E-state index in [1.54, 1.807) is 28.9 Å². The molecule has 0 saturated carbocycles. The van der Waals surface area contributed by atoms with Crippen LogP contribution in [0, 0.1) is 5.92 Å². The number of carbonyl (C=O) groups excluding carboxylic acids is 3. The number of hydrogen-bond donors (Lipinski definition) is 0. The first-order chi connectivity index (χ1) is 22.6. The predicted molar refractivity (Wildman–Crippen MR) is 167 cm³/mol. The first kappa shape index (κ1) is 35.0. The predicted octanol–water partition coefficient (Wildman–Crippen LogP) is 7.53. The standard InChI is InChI=1S/C36H37F6N3O3/c1-24(46)34(27-11-7-4-8-12-27)14-17-44(18-15-34)33(48)45-16-13-30(31(23-45)26-9-5-3-6-10-26)32(47)43(2)22-25-19-28(35(37,38)39)21-29(20-25)36(40,41)42/h3-12,19-21,30-31H,13-18,22-23H2,1-2H3/t30-,31+/m1/s1. The Morgan fingerprint density at radius 1 is 0.792 bits per heavy atom. The van der Waals surface area contributed by atoms with Crippen LogP contribution in [0.1, 0.15) is 59.9 Å². The molecule has 0 radical (unpaired) electrons. The summed E-state index contributed by atoms with van der Waals surface area (Å²) >= 11 is 0. The van der Waals surface area contributed by atoms with Crippen LogP contribution in [-0.4, -0.2) is 65.6 Å². The van der Waals surface area contributed by atoms with Gasteiger partial charge in [-0.3, -0.25) is 9.59 Å². The summed E-state index contributed by atoms with van der Waals surface area (Å²) in [5, 5.41) is 0. The van der Waals surface area contributed by atoms with Crippen molar-refractivity contribution < 1.29 is 40.7 Å². The van der Waals surface area contributed by atoms with E-state index in [1.807, 2.05) is 48.5 Å². The molecule has 2 saturated heterocycles. The van der Waals surface area contributed by atoms with E-state index in [0.717, 1.165) is 16.0 Å². The van der Waals surface area contributed by atoms with Crippen LogP contribution in [0.5, 0.6) is 0 Å². The molecule has 0 unspecified atom stereocenters. The molecule has 2 atom stereocenters. The van der Waals surface area contributed by atoms with Crippen LogP contribution >= 0.6 is 0 Å². The Morgan fingerprint density at radius 2 is 1.33 bits per heavy atom. The smallest absolute Gasteiger partial charge is 0.341 e. The van der Waals surface area contributed by atoms with Crippen molar-refractivity contribution in [1.29, 1.82) is 0 Å². The maximum atomic E-state index is 13.8. The molecule has 0 aliphatic carbocycles. The molecular formula is C36H37F6N3O3. The lowest BCUT2D eigenvalue weighted by molar-refractivity contribution is -0.143. The zero-order valence-electron chi connectivity index (χ0n) is 26.7. The molecule has 3 aromatic carbocycles. The summed E-state index contributed by atoms with van der Waals surface area (Å²) in [4.78, 5) is 45.1. The van der Waals surface area contributed by atoms with Gasteiger partial charge in [0, 0.05) is 51.6 Å². The second-order valence-corrected chi connectivity index (χ2v) is 12.7.